The molecule has 186 valence electrons. The van der Waals surface area contributed by atoms with Crippen molar-refractivity contribution < 1.29 is 22.7 Å². The number of ether oxygens (including phenoxy) is 2. The van der Waals surface area contributed by atoms with E-state index in [1.54, 1.807) is 18.3 Å². The summed E-state index contributed by atoms with van der Waals surface area (Å²) < 4.78 is 36.7. The van der Waals surface area contributed by atoms with Crippen LogP contribution in [-0.4, -0.2) is 37.6 Å². The van der Waals surface area contributed by atoms with Gasteiger partial charge in [-0.25, -0.2) is 8.42 Å². The number of hydrogen-bond donors (Lipinski definition) is 0. The lowest BCUT2D eigenvalue weighted by Gasteiger charge is -2.29. The second kappa shape index (κ2) is 8.68. The van der Waals surface area contributed by atoms with Crippen molar-refractivity contribution in [3.63, 3.8) is 0 Å². The third-order valence-corrected chi connectivity index (χ3v) is 7.52. The van der Waals surface area contributed by atoms with E-state index in [1.807, 2.05) is 57.2 Å². The quantitative estimate of drug-likeness (QED) is 0.340. The van der Waals surface area contributed by atoms with Crippen LogP contribution in [0, 0.1) is 0 Å². The monoisotopic (exact) mass is 503 g/mol. The number of sulfone groups is 1. The summed E-state index contributed by atoms with van der Waals surface area (Å²) in [7, 11) is -3.39. The van der Waals surface area contributed by atoms with Crippen LogP contribution in [0.5, 0.6) is 5.75 Å². The second-order valence-corrected chi connectivity index (χ2v) is 12.3. The molecule has 6 nitrogen and oxygen atoms in total. The van der Waals surface area contributed by atoms with E-state index in [2.05, 4.69) is 0 Å². The summed E-state index contributed by atoms with van der Waals surface area (Å²) in [6, 6.07) is 14.7. The smallest absolute Gasteiger partial charge is 0.175 e. The number of ketones is 1. The molecule has 3 aromatic carbocycles. The van der Waals surface area contributed by atoms with Gasteiger partial charge in [0.25, 0.3) is 0 Å². The van der Waals surface area contributed by atoms with Gasteiger partial charge in [0.1, 0.15) is 11.9 Å². The Balaban J connectivity index is 1.88. The summed E-state index contributed by atoms with van der Waals surface area (Å²) in [5.41, 5.74) is 3.75. The Morgan fingerprint density at radius 3 is 2.56 bits per heavy atom. The molecule has 1 aliphatic heterocycles. The molecule has 1 aromatic heterocycles. The van der Waals surface area contributed by atoms with Crippen molar-refractivity contribution in [2.45, 2.75) is 50.7 Å². The van der Waals surface area contributed by atoms with Gasteiger partial charge in [-0.05, 0) is 85.5 Å². The first-order chi connectivity index (χ1) is 16.9. The molecule has 0 saturated carbocycles. The van der Waals surface area contributed by atoms with Gasteiger partial charge in [0, 0.05) is 29.8 Å². The molecule has 0 aliphatic carbocycles. The Morgan fingerprint density at radius 2 is 1.86 bits per heavy atom. The van der Waals surface area contributed by atoms with Crippen molar-refractivity contribution in [1.82, 2.24) is 4.98 Å². The average Bonchev–Trinajstić information content (AvgIpc) is 2.81. The first kappa shape index (κ1) is 24.4. The lowest BCUT2D eigenvalue weighted by Crippen LogP contribution is -2.26. The molecule has 0 fully saturated rings. The maximum absolute atomic E-state index is 12.9. The Kier molecular flexibility index (Phi) is 5.88. The van der Waals surface area contributed by atoms with Crippen LogP contribution in [0.4, 0.5) is 0 Å². The molecule has 2 heterocycles. The third kappa shape index (κ3) is 4.38. The molecular weight excluding hydrogens is 474 g/mol. The highest BCUT2D eigenvalue weighted by Gasteiger charge is 2.29. The van der Waals surface area contributed by atoms with Crippen LogP contribution >= 0.6 is 0 Å². The minimum absolute atomic E-state index is 0.114. The molecule has 7 heteroatoms. The number of pyridine rings is 1. The lowest BCUT2D eigenvalue weighted by atomic mass is 9.87. The standard InChI is InChI=1S/C29H29NO5S/c1-17(31)28(35-29(2,3)4)23-8-6-19-16-20(36(5,32)33)7-9-21(19)26(23)22-10-11-24-25-18(13-15-34-24)12-14-30-27(22)25/h6-12,14,16,28H,13,15H2,1-5H3/t28-/m1/s1. The molecule has 0 amide bonds. The number of Topliss-reactive ketones (excluding diaryl/α,β-unsaturated/α-hetero) is 1. The first-order valence-electron chi connectivity index (χ1n) is 11.9. The minimum Gasteiger partial charge on any atom is -0.493 e. The highest BCUT2D eigenvalue weighted by Crippen LogP contribution is 2.44. The molecule has 36 heavy (non-hydrogen) atoms. The minimum atomic E-state index is -3.39. The zero-order valence-corrected chi connectivity index (χ0v) is 21.9. The van der Waals surface area contributed by atoms with Gasteiger partial charge < -0.3 is 9.47 Å². The number of aromatic nitrogens is 1. The Morgan fingerprint density at radius 1 is 1.08 bits per heavy atom. The normalized spacial score (nSPS) is 14.6. The van der Waals surface area contributed by atoms with E-state index in [0.717, 1.165) is 50.5 Å². The number of benzene rings is 3. The topological polar surface area (TPSA) is 82.6 Å². The van der Waals surface area contributed by atoms with Crippen molar-refractivity contribution in [2.24, 2.45) is 0 Å². The molecule has 0 N–H and O–H groups in total. The highest BCUT2D eigenvalue weighted by atomic mass is 32.2. The van der Waals surface area contributed by atoms with Gasteiger partial charge in [0.05, 0.1) is 22.6 Å². The van der Waals surface area contributed by atoms with Gasteiger partial charge in [-0.1, -0.05) is 18.2 Å². The van der Waals surface area contributed by atoms with E-state index < -0.39 is 21.5 Å². The summed E-state index contributed by atoms with van der Waals surface area (Å²) in [4.78, 5) is 17.9. The largest absolute Gasteiger partial charge is 0.493 e. The Hall–Kier alpha value is -3.29. The van der Waals surface area contributed by atoms with Gasteiger partial charge in [-0.3, -0.25) is 9.78 Å². The fourth-order valence-electron chi connectivity index (χ4n) is 4.90. The molecule has 0 saturated heterocycles. The SMILES string of the molecule is CC(=O)[C@@H](OC(C)(C)C)c1ccc2cc(S(C)(=O)=O)ccc2c1-c1ccc2c3c(ccnc13)CCO2. The maximum Gasteiger partial charge on any atom is 0.175 e. The van der Waals surface area contributed by atoms with Crippen LogP contribution in [0.1, 0.15) is 44.9 Å². The van der Waals surface area contributed by atoms with E-state index in [9.17, 15) is 13.2 Å². The fourth-order valence-corrected chi connectivity index (χ4v) is 5.55. The number of fused-ring (bicyclic) bond motifs is 1. The Bertz CT molecular complexity index is 1620. The van der Waals surface area contributed by atoms with Gasteiger partial charge in [0.15, 0.2) is 15.6 Å². The van der Waals surface area contributed by atoms with Crippen LogP contribution in [0.25, 0.3) is 32.8 Å². The summed E-state index contributed by atoms with van der Waals surface area (Å²) in [6.45, 7) is 7.90. The van der Waals surface area contributed by atoms with E-state index in [1.165, 1.54) is 18.7 Å². The molecule has 0 spiro atoms. The van der Waals surface area contributed by atoms with Gasteiger partial charge in [-0.15, -0.1) is 0 Å². The van der Waals surface area contributed by atoms with E-state index in [-0.39, 0.29) is 10.7 Å². The average molecular weight is 504 g/mol. The third-order valence-electron chi connectivity index (χ3n) is 6.41. The van der Waals surface area contributed by atoms with Gasteiger partial charge in [-0.2, -0.15) is 0 Å². The molecule has 0 unspecified atom stereocenters. The van der Waals surface area contributed by atoms with Crippen LogP contribution in [0.3, 0.4) is 0 Å². The first-order valence-corrected chi connectivity index (χ1v) is 13.8. The molecule has 1 atom stereocenters. The lowest BCUT2D eigenvalue weighted by molar-refractivity contribution is -0.138. The number of rotatable bonds is 5. The molecule has 5 rings (SSSR count). The van der Waals surface area contributed by atoms with Crippen LogP contribution in [-0.2, 0) is 25.8 Å². The van der Waals surface area contributed by atoms with E-state index in [4.69, 9.17) is 14.5 Å². The molecular formula is C29H29NO5S. The predicted octanol–water partition coefficient (Wildman–Crippen LogP) is 5.84. The van der Waals surface area contributed by atoms with Crippen molar-refractivity contribution in [3.8, 4) is 16.9 Å². The predicted molar refractivity (Wildman–Crippen MR) is 141 cm³/mol. The number of carbonyl (C=O) groups excluding carboxylic acids is 1. The number of hydrogen-bond acceptors (Lipinski definition) is 6. The molecule has 1 aliphatic rings. The van der Waals surface area contributed by atoms with Crippen molar-refractivity contribution >= 4 is 37.3 Å². The Labute approximate surface area is 211 Å². The van der Waals surface area contributed by atoms with E-state index in [0.29, 0.717) is 6.61 Å². The fraction of sp³-hybridized carbons (Fsp3) is 0.310. The van der Waals surface area contributed by atoms with Crippen molar-refractivity contribution in [1.29, 1.82) is 0 Å². The zero-order valence-electron chi connectivity index (χ0n) is 21.1. The molecule has 0 bridgehead atoms. The van der Waals surface area contributed by atoms with Crippen LogP contribution < -0.4 is 4.74 Å². The van der Waals surface area contributed by atoms with Gasteiger partial charge in [0.2, 0.25) is 0 Å². The molecule has 4 aromatic rings. The van der Waals surface area contributed by atoms with Crippen molar-refractivity contribution in [2.75, 3.05) is 12.9 Å². The number of nitrogens with zero attached hydrogens (tertiary/aromatic N) is 1. The highest BCUT2D eigenvalue weighted by molar-refractivity contribution is 7.90. The zero-order chi connectivity index (χ0) is 25.8. The maximum atomic E-state index is 12.9. The summed E-state index contributed by atoms with van der Waals surface area (Å²) in [6.07, 6.45) is 2.99. The van der Waals surface area contributed by atoms with Gasteiger partial charge >= 0.3 is 0 Å². The van der Waals surface area contributed by atoms with E-state index >= 15 is 0 Å². The summed E-state index contributed by atoms with van der Waals surface area (Å²) in [5.74, 6) is 0.676. The summed E-state index contributed by atoms with van der Waals surface area (Å²) in [5, 5.41) is 2.54. The second-order valence-electron chi connectivity index (χ2n) is 10.3. The number of carbonyl (C=O) groups is 1. The summed E-state index contributed by atoms with van der Waals surface area (Å²) >= 11 is 0. The van der Waals surface area contributed by atoms with Crippen LogP contribution in [0.15, 0.2) is 59.6 Å². The van der Waals surface area contributed by atoms with Crippen molar-refractivity contribution in [3.05, 3.63) is 65.9 Å². The van der Waals surface area contributed by atoms with Crippen LogP contribution in [0.2, 0.25) is 0 Å². The molecule has 0 radical (unpaired) electrons.